The van der Waals surface area contributed by atoms with Gasteiger partial charge in [0.15, 0.2) is 17.5 Å². The molecule has 0 aliphatic rings. The molecule has 8 aromatic carbocycles. The molecule has 0 atom stereocenters. The Hall–Kier alpha value is -7.41. The molecule has 4 aromatic heterocycles. The molecule has 5 nitrogen and oxygen atoms in total. The average Bonchev–Trinajstić information content (AvgIpc) is 3.96. The van der Waals surface area contributed by atoms with E-state index in [-0.39, 0.29) is 0 Å². The van der Waals surface area contributed by atoms with Crippen molar-refractivity contribution in [2.24, 2.45) is 0 Å². The Morgan fingerprint density at radius 2 is 0.965 bits per heavy atom. The molecule has 0 aliphatic carbocycles. The molecular weight excluding hydrogens is 717 g/mol. The molecule has 0 aliphatic heterocycles. The predicted octanol–water partition coefficient (Wildman–Crippen LogP) is 13.9. The Morgan fingerprint density at radius 1 is 0.404 bits per heavy atom. The Morgan fingerprint density at radius 3 is 1.67 bits per heavy atom. The number of hydrogen-bond acceptors (Lipinski definition) is 5. The highest BCUT2D eigenvalue weighted by atomic mass is 32.1. The lowest BCUT2D eigenvalue weighted by Gasteiger charge is -2.08. The minimum atomic E-state index is 0.570. The highest BCUT2D eigenvalue weighted by molar-refractivity contribution is 7.25. The fourth-order valence-corrected chi connectivity index (χ4v) is 9.64. The Balaban J connectivity index is 0.995. The zero-order valence-corrected chi connectivity index (χ0v) is 31.2. The molecule has 266 valence electrons. The lowest BCUT2D eigenvalue weighted by Crippen LogP contribution is -2.00. The second kappa shape index (κ2) is 12.6. The van der Waals surface area contributed by atoms with Crippen molar-refractivity contribution in [1.82, 2.24) is 19.5 Å². The lowest BCUT2D eigenvalue weighted by molar-refractivity contribution is 0.669. The van der Waals surface area contributed by atoms with Gasteiger partial charge in [-0.15, -0.1) is 11.3 Å². The SMILES string of the molecule is c1ccc(-c2nc(-c3ccccc3)nc(-c3cccc4c3oc3cccc(-c5ccc6c(c5)sc5cc(-n7c8ccccc8c8ccccc87)ccc56)c34)n2)cc1. The summed E-state index contributed by atoms with van der Waals surface area (Å²) in [6.45, 7) is 0. The Bertz CT molecular complexity index is 3420. The molecule has 12 aromatic rings. The van der Waals surface area contributed by atoms with Crippen molar-refractivity contribution in [1.29, 1.82) is 0 Å². The van der Waals surface area contributed by atoms with E-state index >= 15 is 0 Å². The van der Waals surface area contributed by atoms with Crippen LogP contribution in [-0.2, 0) is 0 Å². The number of fused-ring (bicyclic) bond motifs is 9. The fourth-order valence-electron chi connectivity index (χ4n) is 8.47. The molecule has 0 spiro atoms. The lowest BCUT2D eigenvalue weighted by atomic mass is 9.98. The molecule has 57 heavy (non-hydrogen) atoms. The van der Waals surface area contributed by atoms with E-state index in [0.29, 0.717) is 17.5 Å². The predicted molar refractivity (Wildman–Crippen MR) is 236 cm³/mol. The van der Waals surface area contributed by atoms with Crippen LogP contribution in [0.2, 0.25) is 0 Å². The largest absolute Gasteiger partial charge is 0.455 e. The van der Waals surface area contributed by atoms with E-state index in [2.05, 4.69) is 120 Å². The van der Waals surface area contributed by atoms with E-state index < -0.39 is 0 Å². The molecule has 0 N–H and O–H groups in total. The van der Waals surface area contributed by atoms with Crippen LogP contribution < -0.4 is 0 Å². The van der Waals surface area contributed by atoms with E-state index in [4.69, 9.17) is 19.4 Å². The van der Waals surface area contributed by atoms with Crippen molar-refractivity contribution >= 4 is 75.3 Å². The Labute approximate surface area is 330 Å². The van der Waals surface area contributed by atoms with Gasteiger partial charge in [-0.2, -0.15) is 0 Å². The van der Waals surface area contributed by atoms with E-state index in [9.17, 15) is 0 Å². The summed E-state index contributed by atoms with van der Waals surface area (Å²) < 4.78 is 11.6. The summed E-state index contributed by atoms with van der Waals surface area (Å²) in [5.74, 6) is 1.81. The van der Waals surface area contributed by atoms with E-state index in [1.807, 2.05) is 78.1 Å². The van der Waals surface area contributed by atoms with Crippen LogP contribution in [-0.4, -0.2) is 19.5 Å². The molecule has 0 saturated heterocycles. The van der Waals surface area contributed by atoms with Crippen molar-refractivity contribution in [3.63, 3.8) is 0 Å². The summed E-state index contributed by atoms with van der Waals surface area (Å²) in [6, 6.07) is 63.8. The average molecular weight is 747 g/mol. The number of furan rings is 1. The molecule has 0 bridgehead atoms. The molecule has 0 unspecified atom stereocenters. The van der Waals surface area contributed by atoms with Gasteiger partial charge in [-0.3, -0.25) is 0 Å². The maximum Gasteiger partial charge on any atom is 0.167 e. The highest BCUT2D eigenvalue weighted by Crippen LogP contribution is 2.43. The third kappa shape index (κ3) is 5.04. The van der Waals surface area contributed by atoms with Crippen molar-refractivity contribution < 1.29 is 4.42 Å². The molecular formula is C51H30N4OS. The summed E-state index contributed by atoms with van der Waals surface area (Å²) in [4.78, 5) is 15.0. The second-order valence-electron chi connectivity index (χ2n) is 14.4. The van der Waals surface area contributed by atoms with Crippen LogP contribution in [0.4, 0.5) is 0 Å². The van der Waals surface area contributed by atoms with Crippen molar-refractivity contribution in [2.75, 3.05) is 0 Å². The monoisotopic (exact) mass is 746 g/mol. The summed E-state index contributed by atoms with van der Waals surface area (Å²) >= 11 is 1.84. The molecule has 0 saturated carbocycles. The Kier molecular flexibility index (Phi) is 7.03. The maximum atomic E-state index is 6.74. The number of aromatic nitrogens is 4. The first-order valence-corrected chi connectivity index (χ1v) is 19.8. The molecule has 0 amide bonds. The van der Waals surface area contributed by atoms with Crippen molar-refractivity contribution in [3.8, 4) is 51.0 Å². The summed E-state index contributed by atoms with van der Waals surface area (Å²) in [7, 11) is 0. The van der Waals surface area contributed by atoms with Crippen LogP contribution in [0, 0.1) is 0 Å². The van der Waals surface area contributed by atoms with E-state index in [1.165, 1.54) is 47.7 Å². The van der Waals surface area contributed by atoms with Crippen LogP contribution in [0.25, 0.3) is 115 Å². The first-order chi connectivity index (χ1) is 28.2. The van der Waals surface area contributed by atoms with Crippen LogP contribution in [0.15, 0.2) is 186 Å². The van der Waals surface area contributed by atoms with Crippen LogP contribution in [0.3, 0.4) is 0 Å². The van der Waals surface area contributed by atoms with E-state index in [1.54, 1.807) is 0 Å². The van der Waals surface area contributed by atoms with Gasteiger partial charge >= 0.3 is 0 Å². The van der Waals surface area contributed by atoms with Gasteiger partial charge in [-0.1, -0.05) is 140 Å². The smallest absolute Gasteiger partial charge is 0.167 e. The molecule has 0 fully saturated rings. The van der Waals surface area contributed by atoms with Gasteiger partial charge in [0, 0.05) is 58.5 Å². The highest BCUT2D eigenvalue weighted by Gasteiger charge is 2.20. The quantitative estimate of drug-likeness (QED) is 0.176. The van der Waals surface area contributed by atoms with Gasteiger partial charge in [0.2, 0.25) is 0 Å². The number of thiophene rings is 1. The van der Waals surface area contributed by atoms with Crippen LogP contribution in [0.1, 0.15) is 0 Å². The number of hydrogen-bond donors (Lipinski definition) is 0. The summed E-state index contributed by atoms with van der Waals surface area (Å²) in [5, 5.41) is 7.16. The third-order valence-corrected chi connectivity index (χ3v) is 12.2. The number of para-hydroxylation sites is 3. The standard InChI is InChI=1S/C51H30N4OS/c1-3-13-31(14-4-1)49-52-50(32-15-5-2-6-16-32)54-51(53-49)41-21-11-20-40-47-35(19-12-24-44(47)56-48(40)41)33-25-27-38-39-28-26-34(30-46(39)57-45(38)29-33)55-42-22-9-7-17-36(42)37-18-8-10-23-43(37)55/h1-30H. The van der Waals surface area contributed by atoms with Gasteiger partial charge in [-0.05, 0) is 53.6 Å². The fraction of sp³-hybridized carbons (Fsp3) is 0. The topological polar surface area (TPSA) is 56.7 Å². The normalized spacial score (nSPS) is 11.9. The van der Waals surface area contributed by atoms with Gasteiger partial charge in [0.05, 0.1) is 16.6 Å². The minimum Gasteiger partial charge on any atom is -0.455 e. The van der Waals surface area contributed by atoms with Crippen molar-refractivity contribution in [3.05, 3.63) is 182 Å². The maximum absolute atomic E-state index is 6.74. The van der Waals surface area contributed by atoms with Gasteiger partial charge in [-0.25, -0.2) is 15.0 Å². The second-order valence-corrected chi connectivity index (χ2v) is 15.4. The van der Waals surface area contributed by atoms with Gasteiger partial charge in [0.1, 0.15) is 11.2 Å². The molecule has 0 radical (unpaired) electrons. The van der Waals surface area contributed by atoms with E-state index in [0.717, 1.165) is 49.8 Å². The zero-order chi connectivity index (χ0) is 37.5. The number of nitrogens with zero attached hydrogens (tertiary/aromatic N) is 4. The van der Waals surface area contributed by atoms with Crippen molar-refractivity contribution in [2.45, 2.75) is 0 Å². The van der Waals surface area contributed by atoms with Gasteiger partial charge < -0.3 is 8.98 Å². The zero-order valence-electron chi connectivity index (χ0n) is 30.4. The minimum absolute atomic E-state index is 0.570. The third-order valence-electron chi connectivity index (χ3n) is 11.1. The number of rotatable bonds is 5. The molecule has 12 rings (SSSR count). The summed E-state index contributed by atoms with van der Waals surface area (Å²) in [5.41, 5.74) is 10.1. The van der Waals surface area contributed by atoms with Crippen LogP contribution in [0.5, 0.6) is 0 Å². The van der Waals surface area contributed by atoms with Gasteiger partial charge in [0.25, 0.3) is 0 Å². The molecule has 6 heteroatoms. The first kappa shape index (κ1) is 31.9. The first-order valence-electron chi connectivity index (χ1n) is 19.0. The summed E-state index contributed by atoms with van der Waals surface area (Å²) in [6.07, 6.45) is 0. The van der Waals surface area contributed by atoms with Crippen LogP contribution >= 0.6 is 11.3 Å². The molecule has 4 heterocycles. The number of benzene rings is 8.